The molecule has 0 saturated carbocycles. The summed E-state index contributed by atoms with van der Waals surface area (Å²) in [6.07, 6.45) is -7.18. The summed E-state index contributed by atoms with van der Waals surface area (Å²) in [7, 11) is 0. The molecule has 0 aromatic carbocycles. The molecule has 0 bridgehead atoms. The van der Waals surface area contributed by atoms with Crippen molar-refractivity contribution in [1.82, 2.24) is 0 Å². The molecule has 0 amide bonds. The molecule has 1 fully saturated rings. The Morgan fingerprint density at radius 2 is 1.81 bits per heavy atom. The number of hydrogen-bond acceptors (Lipinski definition) is 7. The maximum atomic E-state index is 9.51. The highest BCUT2D eigenvalue weighted by atomic mass is 16.7. The van der Waals surface area contributed by atoms with Gasteiger partial charge in [0.05, 0.1) is 19.3 Å². The molecule has 1 aliphatic heterocycles. The lowest BCUT2D eigenvalue weighted by molar-refractivity contribution is -0.304. The molecule has 0 aliphatic carbocycles. The Labute approximate surface area is 92.9 Å². The third-order valence-corrected chi connectivity index (χ3v) is 2.35. The van der Waals surface area contributed by atoms with Gasteiger partial charge in [-0.15, -0.1) is 0 Å². The van der Waals surface area contributed by atoms with Gasteiger partial charge in [0.1, 0.15) is 24.4 Å². The second kappa shape index (κ2) is 5.87. The van der Waals surface area contributed by atoms with Gasteiger partial charge in [-0.05, 0) is 6.92 Å². The van der Waals surface area contributed by atoms with Gasteiger partial charge in [0.25, 0.3) is 0 Å². The molecule has 0 aromatic heterocycles. The van der Waals surface area contributed by atoms with Crippen LogP contribution in [-0.2, 0) is 9.47 Å². The molecule has 16 heavy (non-hydrogen) atoms. The van der Waals surface area contributed by atoms with E-state index in [9.17, 15) is 15.3 Å². The fraction of sp³-hybridized carbons (Fsp3) is 1.00. The first kappa shape index (κ1) is 13.8. The number of aliphatic hydroxyl groups is 5. The van der Waals surface area contributed by atoms with E-state index in [1.807, 2.05) is 0 Å². The summed E-state index contributed by atoms with van der Waals surface area (Å²) in [4.78, 5) is 0. The first-order chi connectivity index (χ1) is 7.47. The lowest BCUT2D eigenvalue weighted by Gasteiger charge is -2.39. The Hall–Kier alpha value is -0.280. The summed E-state index contributed by atoms with van der Waals surface area (Å²) in [6.45, 7) is 0.909. The second-order valence-electron chi connectivity index (χ2n) is 3.88. The maximum Gasteiger partial charge on any atom is 0.186 e. The van der Waals surface area contributed by atoms with Crippen LogP contribution in [0, 0.1) is 0 Å². The van der Waals surface area contributed by atoms with E-state index in [2.05, 4.69) is 0 Å². The Bertz CT molecular complexity index is 208. The van der Waals surface area contributed by atoms with E-state index in [1.54, 1.807) is 0 Å². The van der Waals surface area contributed by atoms with Crippen molar-refractivity contribution in [3.8, 4) is 0 Å². The normalized spacial score (nSPS) is 42.0. The lowest BCUT2D eigenvalue weighted by atomic mass is 9.99. The topological polar surface area (TPSA) is 120 Å². The lowest BCUT2D eigenvalue weighted by Crippen LogP contribution is -2.59. The highest BCUT2D eigenvalue weighted by molar-refractivity contribution is 4.88. The highest BCUT2D eigenvalue weighted by Gasteiger charge is 2.43. The summed E-state index contributed by atoms with van der Waals surface area (Å²) in [5.74, 6) is 0. The van der Waals surface area contributed by atoms with Gasteiger partial charge in [-0.3, -0.25) is 0 Å². The van der Waals surface area contributed by atoms with Gasteiger partial charge in [0.2, 0.25) is 0 Å². The van der Waals surface area contributed by atoms with Crippen molar-refractivity contribution in [2.75, 3.05) is 13.2 Å². The number of rotatable bonds is 4. The average Bonchev–Trinajstić information content (AvgIpc) is 2.25. The van der Waals surface area contributed by atoms with Gasteiger partial charge in [-0.2, -0.15) is 0 Å². The molecule has 0 radical (unpaired) electrons. The van der Waals surface area contributed by atoms with E-state index in [0.717, 1.165) is 0 Å². The Morgan fingerprint density at radius 3 is 2.31 bits per heavy atom. The molecule has 6 atom stereocenters. The van der Waals surface area contributed by atoms with Crippen molar-refractivity contribution in [1.29, 1.82) is 0 Å². The number of aliphatic hydroxyl groups excluding tert-OH is 5. The molecule has 1 saturated heterocycles. The van der Waals surface area contributed by atoms with Crippen LogP contribution in [0.2, 0.25) is 0 Å². The minimum absolute atomic E-state index is 0.0807. The van der Waals surface area contributed by atoms with Gasteiger partial charge in [-0.1, -0.05) is 0 Å². The summed E-state index contributed by atoms with van der Waals surface area (Å²) in [5.41, 5.74) is 0. The van der Waals surface area contributed by atoms with E-state index in [1.165, 1.54) is 6.92 Å². The molecule has 1 heterocycles. The van der Waals surface area contributed by atoms with Gasteiger partial charge in [0, 0.05) is 0 Å². The van der Waals surface area contributed by atoms with E-state index in [-0.39, 0.29) is 6.61 Å². The van der Waals surface area contributed by atoms with Crippen LogP contribution in [0.1, 0.15) is 6.92 Å². The zero-order valence-corrected chi connectivity index (χ0v) is 8.93. The smallest absolute Gasteiger partial charge is 0.186 e. The standard InChI is InChI=1S/C9H18O7/c1-4(11)3-15-9-8(14)7(13)6(12)5(2-10)16-9/h4-14H,2-3H2,1H3/t4?,5-,6-,7+,8-,9-/m1/s1. The molecule has 5 N–H and O–H groups in total. The minimum atomic E-state index is -1.45. The van der Waals surface area contributed by atoms with Gasteiger partial charge in [-0.25, -0.2) is 0 Å². The fourth-order valence-corrected chi connectivity index (χ4v) is 1.44. The summed E-state index contributed by atoms with van der Waals surface area (Å²) in [5, 5.41) is 46.2. The van der Waals surface area contributed by atoms with E-state index >= 15 is 0 Å². The molecule has 7 heteroatoms. The SMILES string of the molecule is CC(O)CO[C@@H]1O[C@H](CO)[C@@H](O)[C@H](O)[C@H]1O. The summed E-state index contributed by atoms with van der Waals surface area (Å²) >= 11 is 0. The van der Waals surface area contributed by atoms with E-state index in [4.69, 9.17) is 19.7 Å². The van der Waals surface area contributed by atoms with Crippen molar-refractivity contribution >= 4 is 0 Å². The average molecular weight is 238 g/mol. The highest BCUT2D eigenvalue weighted by Crippen LogP contribution is 2.21. The zero-order chi connectivity index (χ0) is 12.3. The molecule has 0 spiro atoms. The quantitative estimate of drug-likeness (QED) is 0.358. The Morgan fingerprint density at radius 1 is 1.19 bits per heavy atom. The number of hydrogen-bond donors (Lipinski definition) is 5. The molecule has 1 unspecified atom stereocenters. The third-order valence-electron chi connectivity index (χ3n) is 2.35. The zero-order valence-electron chi connectivity index (χ0n) is 8.93. The van der Waals surface area contributed by atoms with Crippen molar-refractivity contribution in [2.24, 2.45) is 0 Å². The third kappa shape index (κ3) is 3.11. The Kier molecular flexibility index (Phi) is 5.06. The monoisotopic (exact) mass is 238 g/mol. The van der Waals surface area contributed by atoms with Gasteiger partial charge in [0.15, 0.2) is 6.29 Å². The number of ether oxygens (including phenoxy) is 2. The van der Waals surface area contributed by atoms with Crippen molar-refractivity contribution in [3.63, 3.8) is 0 Å². The largest absolute Gasteiger partial charge is 0.394 e. The van der Waals surface area contributed by atoms with Gasteiger partial charge < -0.3 is 35.0 Å². The maximum absolute atomic E-state index is 9.51. The predicted octanol–water partition coefficient (Wildman–Crippen LogP) is -2.82. The molecule has 96 valence electrons. The molecule has 1 rings (SSSR count). The van der Waals surface area contributed by atoms with Crippen LogP contribution < -0.4 is 0 Å². The second-order valence-corrected chi connectivity index (χ2v) is 3.88. The minimum Gasteiger partial charge on any atom is -0.394 e. The van der Waals surface area contributed by atoms with Crippen LogP contribution in [-0.4, -0.2) is 75.6 Å². The van der Waals surface area contributed by atoms with Crippen LogP contribution >= 0.6 is 0 Å². The van der Waals surface area contributed by atoms with Crippen molar-refractivity contribution in [3.05, 3.63) is 0 Å². The summed E-state index contributed by atoms with van der Waals surface area (Å²) < 4.78 is 10.0. The van der Waals surface area contributed by atoms with E-state index < -0.39 is 43.4 Å². The fourth-order valence-electron chi connectivity index (χ4n) is 1.44. The summed E-state index contributed by atoms with van der Waals surface area (Å²) in [6, 6.07) is 0. The van der Waals surface area contributed by atoms with Crippen LogP contribution in [0.3, 0.4) is 0 Å². The molecule has 1 aliphatic rings. The molecule has 7 nitrogen and oxygen atoms in total. The van der Waals surface area contributed by atoms with Crippen molar-refractivity contribution < 1.29 is 35.0 Å². The first-order valence-electron chi connectivity index (χ1n) is 5.07. The van der Waals surface area contributed by atoms with Crippen LogP contribution in [0.4, 0.5) is 0 Å². The van der Waals surface area contributed by atoms with Crippen LogP contribution in [0.5, 0.6) is 0 Å². The van der Waals surface area contributed by atoms with Crippen LogP contribution in [0.25, 0.3) is 0 Å². The first-order valence-corrected chi connectivity index (χ1v) is 5.07. The Balaban J connectivity index is 2.56. The predicted molar refractivity (Wildman–Crippen MR) is 51.4 cm³/mol. The molecular weight excluding hydrogens is 220 g/mol. The van der Waals surface area contributed by atoms with Gasteiger partial charge >= 0.3 is 0 Å². The van der Waals surface area contributed by atoms with Crippen molar-refractivity contribution in [2.45, 2.75) is 43.7 Å². The molecular formula is C9H18O7. The molecule has 0 aromatic rings. The van der Waals surface area contributed by atoms with Crippen LogP contribution in [0.15, 0.2) is 0 Å². The van der Waals surface area contributed by atoms with E-state index in [0.29, 0.717) is 0 Å².